The smallest absolute Gasteiger partial charge is 0.229 e. The zero-order chi connectivity index (χ0) is 12.4. The van der Waals surface area contributed by atoms with Crippen molar-refractivity contribution >= 4 is 23.2 Å². The van der Waals surface area contributed by atoms with Crippen molar-refractivity contribution < 1.29 is 4.39 Å². The third-order valence-electron chi connectivity index (χ3n) is 2.33. The monoisotopic (exact) mass is 273 g/mol. The van der Waals surface area contributed by atoms with Crippen molar-refractivity contribution in [3.63, 3.8) is 0 Å². The molecule has 0 aliphatic heterocycles. The topological polar surface area (TPSA) is 30.7 Å². The Hall–Kier alpha value is -1.13. The van der Waals surface area contributed by atoms with Crippen molar-refractivity contribution in [3.8, 4) is 5.69 Å². The maximum atomic E-state index is 13.8. The van der Waals surface area contributed by atoms with Crippen molar-refractivity contribution in [2.24, 2.45) is 0 Å². The fourth-order valence-electron chi connectivity index (χ4n) is 1.60. The second-order valence-corrected chi connectivity index (χ2v) is 4.29. The summed E-state index contributed by atoms with van der Waals surface area (Å²) in [6.07, 6.45) is 1.52. The Balaban J connectivity index is 2.63. The summed E-state index contributed by atoms with van der Waals surface area (Å²) in [6.45, 7) is 2.00. The molecule has 2 aromatic rings. The van der Waals surface area contributed by atoms with Crippen LogP contribution in [0, 0.1) is 5.82 Å². The molecular formula is C11H10Cl2FN3. The van der Waals surface area contributed by atoms with E-state index in [2.05, 4.69) is 10.2 Å². The normalized spacial score (nSPS) is 10.8. The molecule has 0 saturated heterocycles. The lowest BCUT2D eigenvalue weighted by molar-refractivity contribution is 0.614. The van der Waals surface area contributed by atoms with Gasteiger partial charge < -0.3 is 0 Å². The lowest BCUT2D eigenvalue weighted by Crippen LogP contribution is -2.04. The fourth-order valence-corrected chi connectivity index (χ4v) is 2.07. The van der Waals surface area contributed by atoms with Crippen LogP contribution in [0.4, 0.5) is 4.39 Å². The van der Waals surface area contributed by atoms with Gasteiger partial charge in [-0.15, -0.1) is 10.2 Å². The van der Waals surface area contributed by atoms with Crippen molar-refractivity contribution in [3.05, 3.63) is 40.1 Å². The predicted molar refractivity (Wildman–Crippen MR) is 65.3 cm³/mol. The van der Waals surface area contributed by atoms with Crippen molar-refractivity contribution in [1.82, 2.24) is 14.8 Å². The van der Waals surface area contributed by atoms with E-state index < -0.39 is 5.82 Å². The number of para-hydroxylation sites is 1. The Labute approximate surface area is 108 Å². The Morgan fingerprint density at radius 2 is 2.06 bits per heavy atom. The van der Waals surface area contributed by atoms with Gasteiger partial charge in [0, 0.05) is 6.42 Å². The molecule has 0 aliphatic carbocycles. The minimum absolute atomic E-state index is 0.112. The second-order valence-electron chi connectivity index (χ2n) is 3.54. The van der Waals surface area contributed by atoms with Gasteiger partial charge in [0.1, 0.15) is 17.3 Å². The first kappa shape index (κ1) is 12.3. The quantitative estimate of drug-likeness (QED) is 0.855. The maximum absolute atomic E-state index is 13.8. The molecule has 1 heterocycles. The first-order valence-electron chi connectivity index (χ1n) is 5.19. The average molecular weight is 274 g/mol. The van der Waals surface area contributed by atoms with Crippen molar-refractivity contribution in [2.75, 3.05) is 0 Å². The highest BCUT2D eigenvalue weighted by atomic mass is 35.5. The number of rotatable bonds is 3. The van der Waals surface area contributed by atoms with Gasteiger partial charge in [-0.3, -0.25) is 4.57 Å². The Morgan fingerprint density at radius 3 is 2.71 bits per heavy atom. The van der Waals surface area contributed by atoms with E-state index in [0.717, 1.165) is 6.42 Å². The molecule has 0 N–H and O–H groups in total. The predicted octanol–water partition coefficient (Wildman–Crippen LogP) is 3.67. The minimum Gasteiger partial charge on any atom is -0.265 e. The molecule has 17 heavy (non-hydrogen) atoms. The van der Waals surface area contributed by atoms with E-state index in [1.54, 1.807) is 12.1 Å². The summed E-state index contributed by atoms with van der Waals surface area (Å²) in [5.41, 5.74) is 0.201. The van der Waals surface area contributed by atoms with Crippen molar-refractivity contribution in [1.29, 1.82) is 0 Å². The molecule has 2 rings (SSSR count). The molecular weight excluding hydrogens is 264 g/mol. The molecule has 1 aromatic heterocycles. The van der Waals surface area contributed by atoms with Gasteiger partial charge in [-0.05, 0) is 30.2 Å². The highest BCUT2D eigenvalue weighted by Crippen LogP contribution is 2.27. The summed E-state index contributed by atoms with van der Waals surface area (Å²) in [5.74, 6) is 0.154. The van der Waals surface area contributed by atoms with Crippen LogP contribution in [-0.2, 0) is 6.42 Å². The van der Waals surface area contributed by atoms with E-state index in [1.165, 1.54) is 10.6 Å². The number of aromatic nitrogens is 3. The molecule has 3 nitrogen and oxygen atoms in total. The molecule has 0 radical (unpaired) electrons. The highest BCUT2D eigenvalue weighted by molar-refractivity contribution is 6.33. The van der Waals surface area contributed by atoms with Gasteiger partial charge in [0.15, 0.2) is 0 Å². The van der Waals surface area contributed by atoms with Gasteiger partial charge in [-0.25, -0.2) is 4.39 Å². The third-order valence-corrected chi connectivity index (χ3v) is 2.87. The second kappa shape index (κ2) is 5.02. The standard InChI is InChI=1S/C11H10Cl2FN3/c1-2-4-9-15-16-11(13)17(9)10-7(12)5-3-6-8(10)14/h3,5-6H,2,4H2,1H3. The molecule has 0 unspecified atom stereocenters. The van der Waals surface area contributed by atoms with Gasteiger partial charge in [0.25, 0.3) is 0 Å². The molecule has 1 aromatic carbocycles. The Bertz CT molecular complexity index is 519. The third kappa shape index (κ3) is 2.28. The van der Waals surface area contributed by atoms with E-state index in [0.29, 0.717) is 12.2 Å². The van der Waals surface area contributed by atoms with Crippen LogP contribution >= 0.6 is 23.2 Å². The number of hydrogen-bond donors (Lipinski definition) is 0. The largest absolute Gasteiger partial charge is 0.265 e. The summed E-state index contributed by atoms with van der Waals surface area (Å²) < 4.78 is 15.2. The maximum Gasteiger partial charge on any atom is 0.229 e. The summed E-state index contributed by atoms with van der Waals surface area (Å²) >= 11 is 11.9. The summed E-state index contributed by atoms with van der Waals surface area (Å²) in [5, 5.41) is 8.06. The van der Waals surface area contributed by atoms with Crippen LogP contribution in [0.5, 0.6) is 0 Å². The molecule has 0 fully saturated rings. The van der Waals surface area contributed by atoms with Crippen LogP contribution in [0.3, 0.4) is 0 Å². The summed E-state index contributed by atoms with van der Waals surface area (Å²) in [7, 11) is 0. The Morgan fingerprint density at radius 1 is 1.29 bits per heavy atom. The number of aryl methyl sites for hydroxylation is 1. The van der Waals surface area contributed by atoms with Gasteiger partial charge in [-0.1, -0.05) is 24.6 Å². The Kier molecular flexibility index (Phi) is 3.64. The first-order chi connectivity index (χ1) is 8.15. The van der Waals surface area contributed by atoms with E-state index >= 15 is 0 Å². The van der Waals surface area contributed by atoms with E-state index in [9.17, 15) is 4.39 Å². The van der Waals surface area contributed by atoms with Crippen LogP contribution in [-0.4, -0.2) is 14.8 Å². The first-order valence-corrected chi connectivity index (χ1v) is 5.95. The zero-order valence-corrected chi connectivity index (χ0v) is 10.6. The van der Waals surface area contributed by atoms with E-state index in [-0.39, 0.29) is 16.0 Å². The molecule has 90 valence electrons. The molecule has 0 amide bonds. The zero-order valence-electron chi connectivity index (χ0n) is 9.12. The molecule has 6 heteroatoms. The number of halogens is 3. The van der Waals surface area contributed by atoms with Gasteiger partial charge in [0.2, 0.25) is 5.28 Å². The van der Waals surface area contributed by atoms with Crippen LogP contribution in [0.15, 0.2) is 18.2 Å². The SMILES string of the molecule is CCCc1nnc(Cl)n1-c1c(F)cccc1Cl. The highest BCUT2D eigenvalue weighted by Gasteiger charge is 2.17. The summed E-state index contributed by atoms with van der Waals surface area (Å²) in [4.78, 5) is 0. The number of hydrogen-bond acceptors (Lipinski definition) is 2. The van der Waals surface area contributed by atoms with Crippen LogP contribution in [0.2, 0.25) is 10.3 Å². The fraction of sp³-hybridized carbons (Fsp3) is 0.273. The minimum atomic E-state index is -0.448. The van der Waals surface area contributed by atoms with Gasteiger partial charge in [-0.2, -0.15) is 0 Å². The lowest BCUT2D eigenvalue weighted by atomic mass is 10.2. The van der Waals surface area contributed by atoms with Crippen LogP contribution in [0.1, 0.15) is 19.2 Å². The summed E-state index contributed by atoms with van der Waals surface area (Å²) in [6, 6.07) is 4.47. The number of benzene rings is 1. The number of nitrogens with zero attached hydrogens (tertiary/aromatic N) is 3. The van der Waals surface area contributed by atoms with Crippen molar-refractivity contribution in [2.45, 2.75) is 19.8 Å². The molecule has 0 bridgehead atoms. The lowest BCUT2D eigenvalue weighted by Gasteiger charge is -2.10. The van der Waals surface area contributed by atoms with E-state index in [4.69, 9.17) is 23.2 Å². The molecule has 0 spiro atoms. The van der Waals surface area contributed by atoms with Crippen LogP contribution < -0.4 is 0 Å². The van der Waals surface area contributed by atoms with Gasteiger partial charge >= 0.3 is 0 Å². The van der Waals surface area contributed by atoms with E-state index in [1.807, 2.05) is 6.92 Å². The molecule has 0 saturated carbocycles. The molecule has 0 atom stereocenters. The molecule has 0 aliphatic rings. The average Bonchev–Trinajstić information content (AvgIpc) is 2.62. The van der Waals surface area contributed by atoms with Gasteiger partial charge in [0.05, 0.1) is 5.02 Å². The van der Waals surface area contributed by atoms with Crippen LogP contribution in [0.25, 0.3) is 5.69 Å².